The predicted octanol–water partition coefficient (Wildman–Crippen LogP) is 5.15. The van der Waals surface area contributed by atoms with Crippen LogP contribution in [0, 0.1) is 5.82 Å². The fraction of sp³-hybridized carbons (Fsp3) is 0.320. The van der Waals surface area contributed by atoms with Crippen molar-refractivity contribution in [3.05, 3.63) is 76.7 Å². The number of rotatable bonds is 5. The van der Waals surface area contributed by atoms with E-state index in [1.807, 2.05) is 32.9 Å². The monoisotopic (exact) mass is 467 g/mol. The fourth-order valence-corrected chi connectivity index (χ4v) is 4.97. The number of amides is 1. The number of thioether (sulfide) groups is 1. The van der Waals surface area contributed by atoms with Gasteiger partial charge in [-0.2, -0.15) is 0 Å². The Morgan fingerprint density at radius 3 is 2.61 bits per heavy atom. The van der Waals surface area contributed by atoms with Crippen molar-refractivity contribution in [1.29, 1.82) is 0 Å². The Bertz CT molecular complexity index is 1130. The highest BCUT2D eigenvalue weighted by Crippen LogP contribution is 2.40. The summed E-state index contributed by atoms with van der Waals surface area (Å²) in [6, 6.07) is 12.8. The first-order chi connectivity index (χ1) is 15.8. The number of aliphatic imine (C=N–C) groups is 1. The molecule has 2 aromatic carbocycles. The molecule has 0 saturated carbocycles. The summed E-state index contributed by atoms with van der Waals surface area (Å²) in [6.07, 6.45) is 0.748. The molecule has 4 rings (SSSR count). The molecule has 0 bridgehead atoms. The molecule has 1 saturated heterocycles. The number of fused-ring (bicyclic) bond motifs is 1. The average Bonchev–Trinajstić information content (AvgIpc) is 2.78. The second-order valence-electron chi connectivity index (χ2n) is 8.20. The third-order valence-corrected chi connectivity index (χ3v) is 6.50. The summed E-state index contributed by atoms with van der Waals surface area (Å²) in [4.78, 5) is 32.3. The molecule has 0 radical (unpaired) electrons. The van der Waals surface area contributed by atoms with Gasteiger partial charge >= 0.3 is 5.97 Å². The molecule has 2 aromatic rings. The second kappa shape index (κ2) is 9.79. The summed E-state index contributed by atoms with van der Waals surface area (Å²) < 4.78 is 19.5. The van der Waals surface area contributed by atoms with Gasteiger partial charge in [0.05, 0.1) is 29.0 Å². The van der Waals surface area contributed by atoms with Crippen LogP contribution in [0.25, 0.3) is 0 Å². The molecule has 0 aliphatic carbocycles. The minimum atomic E-state index is -0.572. The van der Waals surface area contributed by atoms with E-state index in [2.05, 4.69) is 15.2 Å². The molecule has 33 heavy (non-hydrogen) atoms. The Kier molecular flexibility index (Phi) is 6.83. The van der Waals surface area contributed by atoms with Gasteiger partial charge in [0.2, 0.25) is 0 Å². The zero-order valence-corrected chi connectivity index (χ0v) is 19.6. The number of esters is 1. The van der Waals surface area contributed by atoms with E-state index in [4.69, 9.17) is 4.74 Å². The van der Waals surface area contributed by atoms with Crippen LogP contribution in [0.4, 0.5) is 10.1 Å². The van der Waals surface area contributed by atoms with Crippen molar-refractivity contribution in [1.82, 2.24) is 4.90 Å². The van der Waals surface area contributed by atoms with Gasteiger partial charge in [-0.05, 0) is 57.0 Å². The number of benzene rings is 2. The first-order valence-corrected chi connectivity index (χ1v) is 11.9. The quantitative estimate of drug-likeness (QED) is 0.616. The highest BCUT2D eigenvalue weighted by atomic mass is 32.2. The maximum atomic E-state index is 13.9. The number of carbonyl (C=O) groups excluding carboxylic acids is 2. The van der Waals surface area contributed by atoms with Crippen LogP contribution < -0.4 is 5.32 Å². The number of nitrogens with one attached hydrogen (secondary N) is 1. The van der Waals surface area contributed by atoms with Crippen molar-refractivity contribution >= 4 is 34.5 Å². The lowest BCUT2D eigenvalue weighted by Crippen LogP contribution is -2.42. The Morgan fingerprint density at radius 2 is 1.91 bits per heavy atom. The van der Waals surface area contributed by atoms with Crippen LogP contribution in [0.1, 0.15) is 49.2 Å². The van der Waals surface area contributed by atoms with E-state index in [0.29, 0.717) is 17.0 Å². The maximum absolute atomic E-state index is 13.9. The maximum Gasteiger partial charge on any atom is 0.338 e. The standard InChI is InChI=1S/C25H26FN3O3S/c1-15(2)32-24(31)21-16(3)27-25-29(13-6-14-33-25)22(21)17-9-11-18(12-10-17)28-23(30)19-7-4-5-8-20(19)26/h4-5,7-12,15,22H,6,13-14H2,1-3H3,(H,28,30). The Morgan fingerprint density at radius 1 is 1.18 bits per heavy atom. The number of halogens is 1. The average molecular weight is 468 g/mol. The molecule has 2 aliphatic heterocycles. The second-order valence-corrected chi connectivity index (χ2v) is 9.26. The number of hydrogen-bond acceptors (Lipinski definition) is 6. The van der Waals surface area contributed by atoms with Crippen LogP contribution in [0.15, 0.2) is 64.8 Å². The van der Waals surface area contributed by atoms with Gasteiger partial charge in [-0.3, -0.25) is 4.79 Å². The summed E-state index contributed by atoms with van der Waals surface area (Å²) in [5.74, 6) is -0.473. The van der Waals surface area contributed by atoms with E-state index in [9.17, 15) is 14.0 Å². The number of amidine groups is 1. The first-order valence-electron chi connectivity index (χ1n) is 10.9. The van der Waals surface area contributed by atoms with Gasteiger partial charge in [-0.25, -0.2) is 14.2 Å². The molecule has 172 valence electrons. The zero-order chi connectivity index (χ0) is 23.5. The van der Waals surface area contributed by atoms with Crippen molar-refractivity contribution in [3.8, 4) is 0 Å². The first kappa shape index (κ1) is 23.0. The highest BCUT2D eigenvalue weighted by molar-refractivity contribution is 8.13. The van der Waals surface area contributed by atoms with Crippen LogP contribution in [0.3, 0.4) is 0 Å². The largest absolute Gasteiger partial charge is 0.459 e. The van der Waals surface area contributed by atoms with Crippen LogP contribution in [-0.4, -0.2) is 40.3 Å². The van der Waals surface area contributed by atoms with E-state index >= 15 is 0 Å². The number of carbonyl (C=O) groups is 2. The smallest absolute Gasteiger partial charge is 0.338 e. The molecule has 2 aliphatic rings. The molecule has 1 atom stereocenters. The predicted molar refractivity (Wildman–Crippen MR) is 129 cm³/mol. The fourth-order valence-electron chi connectivity index (χ4n) is 3.95. The van der Waals surface area contributed by atoms with Gasteiger partial charge < -0.3 is 15.0 Å². The van der Waals surface area contributed by atoms with Crippen molar-refractivity contribution in [2.75, 3.05) is 17.6 Å². The van der Waals surface area contributed by atoms with Gasteiger partial charge in [0.1, 0.15) is 5.82 Å². The molecular formula is C25H26FN3O3S. The van der Waals surface area contributed by atoms with Crippen LogP contribution in [0.2, 0.25) is 0 Å². The van der Waals surface area contributed by atoms with Crippen LogP contribution in [-0.2, 0) is 9.53 Å². The summed E-state index contributed by atoms with van der Waals surface area (Å²) in [5.41, 5.74) is 2.60. The molecule has 0 aromatic heterocycles. The van der Waals surface area contributed by atoms with Crippen LogP contribution >= 0.6 is 11.8 Å². The summed E-state index contributed by atoms with van der Waals surface area (Å²) in [6.45, 7) is 6.27. The Balaban J connectivity index is 1.63. The zero-order valence-electron chi connectivity index (χ0n) is 18.8. The lowest BCUT2D eigenvalue weighted by Gasteiger charge is -2.40. The van der Waals surface area contributed by atoms with E-state index in [0.717, 1.165) is 29.4 Å². The van der Waals surface area contributed by atoms with Crippen molar-refractivity contribution in [3.63, 3.8) is 0 Å². The topological polar surface area (TPSA) is 71.0 Å². The van der Waals surface area contributed by atoms with Gasteiger partial charge in [0.15, 0.2) is 5.17 Å². The van der Waals surface area contributed by atoms with Gasteiger partial charge in [-0.15, -0.1) is 0 Å². The number of allylic oxidation sites excluding steroid dienone is 1. The van der Waals surface area contributed by atoms with Crippen molar-refractivity contribution < 1.29 is 18.7 Å². The Hall–Kier alpha value is -3.13. The number of hydrogen-bond donors (Lipinski definition) is 1. The van der Waals surface area contributed by atoms with Gasteiger partial charge in [0.25, 0.3) is 5.91 Å². The third-order valence-electron chi connectivity index (χ3n) is 5.42. The molecule has 1 unspecified atom stereocenters. The lowest BCUT2D eigenvalue weighted by atomic mass is 9.94. The normalized spacial score (nSPS) is 18.0. The minimum Gasteiger partial charge on any atom is -0.459 e. The molecule has 1 amide bonds. The minimum absolute atomic E-state index is 0.0164. The number of ether oxygens (including phenoxy) is 1. The number of nitrogens with zero attached hydrogens (tertiary/aromatic N) is 2. The van der Waals surface area contributed by atoms with Crippen molar-refractivity contribution in [2.24, 2.45) is 4.99 Å². The third kappa shape index (κ3) is 4.95. The molecule has 0 spiro atoms. The SMILES string of the molecule is CC1=C(C(=O)OC(C)C)C(c2ccc(NC(=O)c3ccccc3F)cc2)N2CCCSC2=N1. The molecule has 8 heteroatoms. The van der Waals surface area contributed by atoms with E-state index in [1.165, 1.54) is 12.1 Å². The van der Waals surface area contributed by atoms with Gasteiger partial charge in [-0.1, -0.05) is 36.0 Å². The molecule has 6 nitrogen and oxygen atoms in total. The molecular weight excluding hydrogens is 441 g/mol. The van der Waals surface area contributed by atoms with Crippen molar-refractivity contribution in [2.45, 2.75) is 39.3 Å². The summed E-state index contributed by atoms with van der Waals surface area (Å²) in [7, 11) is 0. The van der Waals surface area contributed by atoms with Gasteiger partial charge in [0, 0.05) is 18.0 Å². The molecule has 1 N–H and O–H groups in total. The molecule has 1 fully saturated rings. The van der Waals surface area contributed by atoms with E-state index in [-0.39, 0.29) is 23.7 Å². The number of anilines is 1. The van der Waals surface area contributed by atoms with E-state index < -0.39 is 11.7 Å². The van der Waals surface area contributed by atoms with E-state index in [1.54, 1.807) is 36.0 Å². The van der Waals surface area contributed by atoms with Crippen LogP contribution in [0.5, 0.6) is 0 Å². The highest BCUT2D eigenvalue weighted by Gasteiger charge is 2.38. The summed E-state index contributed by atoms with van der Waals surface area (Å²) in [5, 5.41) is 3.63. The molecule has 2 heterocycles. The Labute approximate surface area is 196 Å². The summed E-state index contributed by atoms with van der Waals surface area (Å²) >= 11 is 1.68. The lowest BCUT2D eigenvalue weighted by molar-refractivity contribution is -0.143.